The highest BCUT2D eigenvalue weighted by Gasteiger charge is 2.31. The molecule has 2 aromatic carbocycles. The lowest BCUT2D eigenvalue weighted by Crippen LogP contribution is -2.50. The van der Waals surface area contributed by atoms with Crippen molar-refractivity contribution in [1.29, 1.82) is 0 Å². The predicted molar refractivity (Wildman–Crippen MR) is 187 cm³/mol. The molecule has 0 unspecified atom stereocenters. The number of rotatable bonds is 8. The standard InChI is InChI=1S/C35H51ClN4O7S/c1-24-21-40(25(2)23-41)34(42)31-20-29(38-48(44,45)30-16-13-27(36)14-17-30)15-18-32(31)47-26(3)10-8-9-19-46-33(24)22-39(4)35(43)37-28-11-6-5-7-12-28/h13-18,20,24-26,28,33,38,41H,5-12,19,21-23H2,1-4H3,(H,37,43)/t24-,25+,26-,33+/m1/s1. The van der Waals surface area contributed by atoms with Crippen molar-refractivity contribution in [2.24, 2.45) is 5.92 Å². The van der Waals surface area contributed by atoms with Crippen LogP contribution in [-0.4, -0.2) is 92.9 Å². The number of hydrogen-bond acceptors (Lipinski definition) is 7. The van der Waals surface area contributed by atoms with E-state index in [1.54, 1.807) is 35.9 Å². The number of carbonyl (C=O) groups is 2. The van der Waals surface area contributed by atoms with Crippen LogP contribution in [0.4, 0.5) is 10.5 Å². The summed E-state index contributed by atoms with van der Waals surface area (Å²) in [7, 11) is -2.22. The summed E-state index contributed by atoms with van der Waals surface area (Å²) in [5.74, 6) is -0.309. The molecule has 13 heteroatoms. The van der Waals surface area contributed by atoms with E-state index >= 15 is 0 Å². The number of aliphatic hydroxyl groups is 1. The molecule has 0 radical (unpaired) electrons. The molecule has 2 aromatic rings. The molecule has 0 bridgehead atoms. The van der Waals surface area contributed by atoms with Crippen molar-refractivity contribution in [1.82, 2.24) is 15.1 Å². The van der Waals surface area contributed by atoms with E-state index in [0.29, 0.717) is 30.3 Å². The zero-order valence-electron chi connectivity index (χ0n) is 28.5. The number of anilines is 1. The Labute approximate surface area is 290 Å². The zero-order chi connectivity index (χ0) is 34.8. The summed E-state index contributed by atoms with van der Waals surface area (Å²) in [6, 6.07) is 9.91. The Kier molecular flexibility index (Phi) is 13.8. The first-order valence-electron chi connectivity index (χ1n) is 17.0. The molecule has 3 amide bonds. The number of urea groups is 1. The summed E-state index contributed by atoms with van der Waals surface area (Å²) < 4.78 is 41.6. The van der Waals surface area contributed by atoms with Crippen LogP contribution in [0.2, 0.25) is 5.02 Å². The molecule has 266 valence electrons. The van der Waals surface area contributed by atoms with Gasteiger partial charge >= 0.3 is 6.03 Å². The Morgan fingerprint density at radius 3 is 2.44 bits per heavy atom. The van der Waals surface area contributed by atoms with E-state index in [9.17, 15) is 23.1 Å². The number of ether oxygens (including phenoxy) is 2. The summed E-state index contributed by atoms with van der Waals surface area (Å²) in [4.78, 5) is 30.7. The molecule has 0 spiro atoms. The van der Waals surface area contributed by atoms with Gasteiger partial charge in [-0.05, 0) is 88.4 Å². The summed E-state index contributed by atoms with van der Waals surface area (Å²) in [5.41, 5.74) is 0.357. The zero-order valence-corrected chi connectivity index (χ0v) is 30.1. The average molecular weight is 707 g/mol. The Hall–Kier alpha value is -3.06. The fourth-order valence-electron chi connectivity index (χ4n) is 6.16. The van der Waals surface area contributed by atoms with Crippen molar-refractivity contribution in [3.63, 3.8) is 0 Å². The number of amides is 3. The largest absolute Gasteiger partial charge is 0.490 e. The maximum atomic E-state index is 14.4. The Bertz CT molecular complexity index is 1470. The predicted octanol–water partition coefficient (Wildman–Crippen LogP) is 5.91. The van der Waals surface area contributed by atoms with E-state index in [1.165, 1.54) is 36.8 Å². The number of sulfonamides is 1. The Morgan fingerprint density at radius 1 is 1.06 bits per heavy atom. The van der Waals surface area contributed by atoms with Crippen molar-refractivity contribution in [3.8, 4) is 5.75 Å². The van der Waals surface area contributed by atoms with Gasteiger partial charge in [0.1, 0.15) is 5.75 Å². The average Bonchev–Trinajstić information content (AvgIpc) is 3.06. The van der Waals surface area contributed by atoms with Gasteiger partial charge in [-0.15, -0.1) is 0 Å². The summed E-state index contributed by atoms with van der Waals surface area (Å²) in [6.07, 6.45) is 7.14. The molecule has 4 atom stereocenters. The number of aliphatic hydroxyl groups excluding tert-OH is 1. The van der Waals surface area contributed by atoms with Gasteiger partial charge in [0, 0.05) is 49.4 Å². The SMILES string of the molecule is C[C@@H]1CCCCO[C@@H](CN(C)C(=O)NC2CCCCC2)[C@H](C)CN([C@@H](C)CO)C(=O)c2cc(NS(=O)(=O)c3ccc(Cl)cc3)ccc2O1. The van der Waals surface area contributed by atoms with Gasteiger partial charge in [-0.2, -0.15) is 0 Å². The number of hydrogen-bond donors (Lipinski definition) is 3. The number of halogens is 1. The smallest absolute Gasteiger partial charge is 0.317 e. The summed E-state index contributed by atoms with van der Waals surface area (Å²) in [6.45, 7) is 6.42. The highest BCUT2D eigenvalue weighted by molar-refractivity contribution is 7.92. The van der Waals surface area contributed by atoms with E-state index in [2.05, 4.69) is 10.0 Å². The van der Waals surface area contributed by atoms with E-state index < -0.39 is 22.0 Å². The minimum atomic E-state index is -3.98. The third-order valence-electron chi connectivity index (χ3n) is 9.16. The van der Waals surface area contributed by atoms with Crippen molar-refractivity contribution in [2.75, 3.05) is 38.1 Å². The highest BCUT2D eigenvalue weighted by atomic mass is 35.5. The maximum absolute atomic E-state index is 14.4. The van der Waals surface area contributed by atoms with E-state index in [4.69, 9.17) is 21.1 Å². The number of fused-ring (bicyclic) bond motifs is 1. The molecule has 1 aliphatic carbocycles. The summed E-state index contributed by atoms with van der Waals surface area (Å²) >= 11 is 5.95. The van der Waals surface area contributed by atoms with Gasteiger partial charge in [0.25, 0.3) is 15.9 Å². The van der Waals surface area contributed by atoms with Gasteiger partial charge in [0.05, 0.1) is 35.3 Å². The van der Waals surface area contributed by atoms with E-state index in [-0.39, 0.29) is 59.5 Å². The molecule has 1 aliphatic heterocycles. The molecule has 4 rings (SSSR count). The van der Waals surface area contributed by atoms with E-state index in [0.717, 1.165) is 38.5 Å². The maximum Gasteiger partial charge on any atom is 0.317 e. The minimum Gasteiger partial charge on any atom is -0.490 e. The molecule has 2 aliphatic rings. The van der Waals surface area contributed by atoms with Crippen LogP contribution in [-0.2, 0) is 14.8 Å². The van der Waals surface area contributed by atoms with Crippen molar-refractivity contribution in [3.05, 3.63) is 53.1 Å². The topological polar surface area (TPSA) is 138 Å². The van der Waals surface area contributed by atoms with Crippen LogP contribution in [0.5, 0.6) is 5.75 Å². The van der Waals surface area contributed by atoms with Gasteiger partial charge in [-0.3, -0.25) is 9.52 Å². The second-order valence-electron chi connectivity index (χ2n) is 13.2. The minimum absolute atomic E-state index is 0.0240. The molecule has 1 saturated carbocycles. The monoisotopic (exact) mass is 706 g/mol. The number of carbonyl (C=O) groups excluding carboxylic acids is 2. The van der Waals surface area contributed by atoms with Crippen molar-refractivity contribution in [2.45, 2.75) is 101 Å². The lowest BCUT2D eigenvalue weighted by Gasteiger charge is -2.36. The fraction of sp³-hybridized carbons (Fsp3) is 0.600. The second-order valence-corrected chi connectivity index (χ2v) is 15.4. The molecule has 0 saturated heterocycles. The van der Waals surface area contributed by atoms with Crippen LogP contribution < -0.4 is 14.8 Å². The van der Waals surface area contributed by atoms with E-state index in [1.807, 2.05) is 13.8 Å². The van der Waals surface area contributed by atoms with Crippen molar-refractivity contribution < 1.29 is 32.6 Å². The van der Waals surface area contributed by atoms with Crippen LogP contribution in [0.1, 0.15) is 82.5 Å². The third kappa shape index (κ3) is 10.5. The second kappa shape index (κ2) is 17.6. The van der Waals surface area contributed by atoms with Crippen LogP contribution in [0.15, 0.2) is 47.4 Å². The lowest BCUT2D eigenvalue weighted by molar-refractivity contribution is -0.0123. The van der Waals surface area contributed by atoms with Gasteiger partial charge in [0.15, 0.2) is 0 Å². The van der Waals surface area contributed by atoms with Crippen molar-refractivity contribution >= 4 is 39.2 Å². The third-order valence-corrected chi connectivity index (χ3v) is 10.8. The van der Waals surface area contributed by atoms with Crippen LogP contribution in [0.3, 0.4) is 0 Å². The van der Waals surface area contributed by atoms with Crippen LogP contribution in [0.25, 0.3) is 0 Å². The molecule has 1 heterocycles. The van der Waals surface area contributed by atoms with Crippen LogP contribution >= 0.6 is 11.6 Å². The molecular formula is C35H51ClN4O7S. The normalized spacial score (nSPS) is 22.5. The Balaban J connectivity index is 1.61. The number of benzene rings is 2. The summed E-state index contributed by atoms with van der Waals surface area (Å²) in [5, 5.41) is 13.8. The highest BCUT2D eigenvalue weighted by Crippen LogP contribution is 2.30. The first kappa shape index (κ1) is 37.8. The quantitative estimate of drug-likeness (QED) is 0.310. The molecular weight excluding hydrogens is 656 g/mol. The number of likely N-dealkylation sites (N-methyl/N-ethyl adjacent to an activating group) is 1. The van der Waals surface area contributed by atoms with Gasteiger partial charge < -0.3 is 29.7 Å². The van der Waals surface area contributed by atoms with Gasteiger partial charge in [-0.1, -0.05) is 37.8 Å². The fourth-order valence-corrected chi connectivity index (χ4v) is 7.34. The molecule has 1 fully saturated rings. The first-order valence-corrected chi connectivity index (χ1v) is 18.9. The van der Waals surface area contributed by atoms with Gasteiger partial charge in [0.2, 0.25) is 0 Å². The number of nitrogens with zero attached hydrogens (tertiary/aromatic N) is 2. The van der Waals surface area contributed by atoms with Crippen LogP contribution in [0, 0.1) is 5.92 Å². The lowest BCUT2D eigenvalue weighted by atomic mass is 9.96. The molecule has 48 heavy (non-hydrogen) atoms. The molecule has 0 aromatic heterocycles. The Morgan fingerprint density at radius 2 is 1.75 bits per heavy atom. The van der Waals surface area contributed by atoms with Gasteiger partial charge in [-0.25, -0.2) is 13.2 Å². The number of nitrogens with one attached hydrogen (secondary N) is 2. The molecule has 3 N–H and O–H groups in total. The molecule has 11 nitrogen and oxygen atoms in total. The first-order chi connectivity index (χ1) is 22.9.